The second kappa shape index (κ2) is 15.4. The van der Waals surface area contributed by atoms with Gasteiger partial charge in [-0.05, 0) is 40.1 Å². The minimum absolute atomic E-state index is 0.108. The molecule has 6 rings (SSSR count). The van der Waals surface area contributed by atoms with Crippen molar-refractivity contribution in [2.45, 2.75) is 63.8 Å². The molecule has 4 atom stereocenters. The van der Waals surface area contributed by atoms with Crippen LogP contribution >= 0.6 is 18.9 Å². The van der Waals surface area contributed by atoms with Crippen LogP contribution in [0.15, 0.2) is 84.9 Å². The summed E-state index contributed by atoms with van der Waals surface area (Å²) in [5.74, 6) is -1.34. The van der Waals surface area contributed by atoms with E-state index in [1.165, 1.54) is 17.0 Å². The largest absolute Gasteiger partial charge is 0.399 e. The first-order valence-corrected chi connectivity index (χ1v) is 19.7. The molecule has 3 heterocycles. The molecule has 0 spiro atoms. The number of amides is 3. The van der Waals surface area contributed by atoms with Crippen molar-refractivity contribution in [3.05, 3.63) is 106 Å². The molecule has 0 saturated carbocycles. The average molecular weight is 770 g/mol. The van der Waals surface area contributed by atoms with Gasteiger partial charge in [0, 0.05) is 29.8 Å². The maximum atomic E-state index is 14.6. The van der Waals surface area contributed by atoms with E-state index in [0.29, 0.717) is 24.4 Å². The summed E-state index contributed by atoms with van der Waals surface area (Å²) in [5.41, 5.74) is -4.23. The number of alkyl halides is 2. The lowest BCUT2D eigenvalue weighted by molar-refractivity contribution is -0.150. The molecule has 53 heavy (non-hydrogen) atoms. The summed E-state index contributed by atoms with van der Waals surface area (Å²) in [4.78, 5) is 64.4. The van der Waals surface area contributed by atoms with Crippen LogP contribution in [0.25, 0.3) is 10.1 Å². The molecule has 3 amide bonds. The number of nitrogens with one attached hydrogen (secondary N) is 1. The van der Waals surface area contributed by atoms with E-state index in [9.17, 15) is 37.5 Å². The van der Waals surface area contributed by atoms with Gasteiger partial charge < -0.3 is 34.4 Å². The molecule has 11 nitrogen and oxygen atoms in total. The number of halogens is 2. The zero-order valence-corrected chi connectivity index (χ0v) is 31.2. The third kappa shape index (κ3) is 8.53. The van der Waals surface area contributed by atoms with Gasteiger partial charge in [0.1, 0.15) is 18.2 Å². The highest BCUT2D eigenvalue weighted by Crippen LogP contribution is 2.59. The molecule has 0 aliphatic carbocycles. The zero-order valence-electron chi connectivity index (χ0n) is 29.5. The molecule has 0 unspecified atom stereocenters. The Balaban J connectivity index is 1.24. The molecule has 2 saturated heterocycles. The topological polar surface area (TPSA) is 146 Å². The molecule has 4 aromatic rings. The third-order valence-corrected chi connectivity index (χ3v) is 11.7. The molecule has 1 aromatic heterocycles. The number of ether oxygens (including phenoxy) is 2. The van der Waals surface area contributed by atoms with E-state index in [0.717, 1.165) is 34.6 Å². The second-order valence-corrected chi connectivity index (χ2v) is 17.2. The predicted molar refractivity (Wildman–Crippen MR) is 195 cm³/mol. The van der Waals surface area contributed by atoms with Crippen LogP contribution in [0.2, 0.25) is 0 Å². The normalized spacial score (nSPS) is 20.4. The molecule has 2 aliphatic heterocycles. The van der Waals surface area contributed by atoms with Gasteiger partial charge in [0.2, 0.25) is 11.8 Å². The van der Waals surface area contributed by atoms with Crippen LogP contribution < -0.4 is 5.32 Å². The number of thiophene rings is 1. The molecule has 3 aromatic carbocycles. The van der Waals surface area contributed by atoms with Gasteiger partial charge in [-0.1, -0.05) is 87.5 Å². The second-order valence-electron chi connectivity index (χ2n) is 14.4. The Bertz CT molecular complexity index is 2000. The lowest BCUT2D eigenvalue weighted by Crippen LogP contribution is -2.58. The summed E-state index contributed by atoms with van der Waals surface area (Å²) in [6, 6.07) is 21.7. The van der Waals surface area contributed by atoms with Gasteiger partial charge in [-0.15, -0.1) is 11.3 Å². The van der Waals surface area contributed by atoms with Gasteiger partial charge >= 0.3 is 13.3 Å². The highest BCUT2D eigenvalue weighted by molar-refractivity contribution is 7.52. The van der Waals surface area contributed by atoms with Gasteiger partial charge in [0.25, 0.3) is 5.91 Å². The highest BCUT2D eigenvalue weighted by atomic mass is 32.1. The van der Waals surface area contributed by atoms with Crippen molar-refractivity contribution >= 4 is 46.7 Å². The summed E-state index contributed by atoms with van der Waals surface area (Å²) in [6.07, 6.45) is -0.530. The first-order chi connectivity index (χ1) is 25.0. The van der Waals surface area contributed by atoms with Crippen molar-refractivity contribution in [3.63, 3.8) is 0 Å². The highest BCUT2D eigenvalue weighted by Gasteiger charge is 2.51. The van der Waals surface area contributed by atoms with Crippen LogP contribution in [0.1, 0.15) is 59.7 Å². The Morgan fingerprint density at radius 3 is 2.34 bits per heavy atom. The Morgan fingerprint density at radius 2 is 1.68 bits per heavy atom. The van der Waals surface area contributed by atoms with Crippen LogP contribution in [-0.2, 0) is 35.9 Å². The van der Waals surface area contributed by atoms with Crippen molar-refractivity contribution in [1.29, 1.82) is 0 Å². The van der Waals surface area contributed by atoms with E-state index < -0.39 is 54.2 Å². The van der Waals surface area contributed by atoms with Gasteiger partial charge in [-0.3, -0.25) is 18.9 Å². The Morgan fingerprint density at radius 1 is 1.00 bits per heavy atom. The van der Waals surface area contributed by atoms with Crippen LogP contribution in [0.4, 0.5) is 8.78 Å². The number of nitrogens with zero attached hydrogens (tertiary/aromatic N) is 2. The summed E-state index contributed by atoms with van der Waals surface area (Å²) >= 11 is 0.988. The number of rotatable bonds is 10. The fraction of sp³-hybridized carbons (Fsp3) is 0.395. The predicted octanol–water partition coefficient (Wildman–Crippen LogP) is 6.06. The number of hydrogen-bond acceptors (Lipinski definition) is 7. The maximum absolute atomic E-state index is 14.6. The molecule has 15 heteroatoms. The van der Waals surface area contributed by atoms with Crippen LogP contribution in [-0.4, -0.2) is 81.7 Å². The van der Waals surface area contributed by atoms with Crippen molar-refractivity contribution in [2.24, 2.45) is 5.41 Å². The first kappa shape index (κ1) is 38.7. The summed E-state index contributed by atoms with van der Waals surface area (Å²) in [7, 11) is -5.80. The number of hydrogen-bond donors (Lipinski definition) is 3. The number of carbonyl (C=O) groups is 3. The minimum Gasteiger partial charge on any atom is -0.372 e. The molecule has 3 N–H and O–H groups in total. The van der Waals surface area contributed by atoms with Gasteiger partial charge in [-0.2, -0.15) is 8.78 Å². The van der Waals surface area contributed by atoms with E-state index >= 15 is 0 Å². The van der Waals surface area contributed by atoms with Crippen molar-refractivity contribution in [2.75, 3.05) is 26.2 Å². The standard InChI is InChI=1S/C38H42F2N3O8PS/c1-37(2,3)33(41-34(44)32-19-26-18-27(14-15-31(26)53-32)38(39,40)52(47,48)49)36(46)43-21-28(51-23-24-10-6-4-7-11-24)20-29(43)35(45)42-16-17-50-30(22-42)25-12-8-5-9-13-25/h4-15,18-19,28-30,33H,16-17,20-23H2,1-3H3,(H,41,44)(H2,47,48,49)/t28-,29+,30+,33-/m1/s1. The summed E-state index contributed by atoms with van der Waals surface area (Å²) < 4.78 is 53.0. The fourth-order valence-electron chi connectivity index (χ4n) is 6.64. The smallest absolute Gasteiger partial charge is 0.372 e. The molecular formula is C38H42F2N3O8PS. The van der Waals surface area contributed by atoms with E-state index in [2.05, 4.69) is 5.32 Å². The Labute approximate surface area is 310 Å². The number of benzene rings is 3. The van der Waals surface area contributed by atoms with E-state index in [4.69, 9.17) is 9.47 Å². The fourth-order valence-corrected chi connectivity index (χ4v) is 8.06. The quantitative estimate of drug-likeness (QED) is 0.165. The average Bonchev–Trinajstić information content (AvgIpc) is 3.77. The minimum atomic E-state index is -5.80. The van der Waals surface area contributed by atoms with E-state index in [1.54, 1.807) is 25.7 Å². The lowest BCUT2D eigenvalue weighted by Gasteiger charge is -2.38. The van der Waals surface area contributed by atoms with Crippen LogP contribution in [0, 0.1) is 5.41 Å². The Hall–Kier alpha value is -4.04. The van der Waals surface area contributed by atoms with Crippen LogP contribution in [0.5, 0.6) is 0 Å². The van der Waals surface area contributed by atoms with Crippen molar-refractivity contribution in [3.8, 4) is 0 Å². The molecule has 0 radical (unpaired) electrons. The van der Waals surface area contributed by atoms with Gasteiger partial charge in [0.05, 0.1) is 30.7 Å². The van der Waals surface area contributed by atoms with Gasteiger partial charge in [0.15, 0.2) is 0 Å². The third-order valence-electron chi connectivity index (χ3n) is 9.55. The van der Waals surface area contributed by atoms with Crippen LogP contribution in [0.3, 0.4) is 0 Å². The summed E-state index contributed by atoms with van der Waals surface area (Å²) in [6.45, 7) is 6.77. The lowest BCUT2D eigenvalue weighted by atomic mass is 9.85. The molecular weight excluding hydrogens is 727 g/mol. The number of carbonyl (C=O) groups excluding carboxylic acids is 3. The molecule has 0 bridgehead atoms. The number of likely N-dealkylation sites (tertiary alicyclic amines) is 1. The molecule has 2 aliphatic rings. The van der Waals surface area contributed by atoms with E-state index in [1.807, 2.05) is 60.7 Å². The van der Waals surface area contributed by atoms with Crippen molar-refractivity contribution < 1.29 is 47.0 Å². The zero-order chi connectivity index (χ0) is 38.1. The summed E-state index contributed by atoms with van der Waals surface area (Å²) in [5, 5.41) is 3.03. The Kier molecular flexibility index (Phi) is 11.2. The first-order valence-electron chi connectivity index (χ1n) is 17.2. The SMILES string of the molecule is CC(C)(C)[C@H](NC(=O)c1cc2cc(C(F)(F)P(=O)(O)O)ccc2s1)C(=O)N1C[C@H](OCc2ccccc2)C[C@H]1C(=O)N1CCO[C@H](c2ccccc2)C1. The number of morpholine rings is 1. The molecule has 282 valence electrons. The van der Waals surface area contributed by atoms with Crippen molar-refractivity contribution in [1.82, 2.24) is 15.1 Å². The monoisotopic (exact) mass is 769 g/mol. The number of fused-ring (bicyclic) bond motifs is 1. The van der Waals surface area contributed by atoms with Gasteiger partial charge in [-0.25, -0.2) is 0 Å². The van der Waals surface area contributed by atoms with E-state index in [-0.39, 0.29) is 41.8 Å². The maximum Gasteiger partial charge on any atom is 0.399 e. The molecule has 2 fully saturated rings.